The fourth-order valence-corrected chi connectivity index (χ4v) is 4.15. The topological polar surface area (TPSA) is 78.4 Å². The zero-order valence-corrected chi connectivity index (χ0v) is 19.2. The highest BCUT2D eigenvalue weighted by atomic mass is 32.2. The Kier molecular flexibility index (Phi) is 7.07. The zero-order chi connectivity index (χ0) is 25.9. The number of rotatable bonds is 6. The Morgan fingerprint density at radius 2 is 1.39 bits per heavy atom. The van der Waals surface area contributed by atoms with Crippen LogP contribution in [-0.4, -0.2) is 15.2 Å². The van der Waals surface area contributed by atoms with E-state index in [2.05, 4.69) is 10.0 Å². The van der Waals surface area contributed by atoms with Crippen LogP contribution in [0.15, 0.2) is 95.9 Å². The molecule has 0 saturated carbocycles. The van der Waals surface area contributed by atoms with Gasteiger partial charge in [-0.25, -0.2) is 8.60 Å². The van der Waals surface area contributed by atoms with E-state index in [1.807, 2.05) is 0 Å². The molecule has 0 bridgehead atoms. The quantitative estimate of drug-likeness (QED) is 0.154. The van der Waals surface area contributed by atoms with Gasteiger partial charge in [0.15, 0.2) is 0 Å². The smallest absolute Gasteiger partial charge is 0.416 e. The van der Waals surface area contributed by atoms with E-state index in [0.29, 0.717) is 27.3 Å². The first-order valence-corrected chi connectivity index (χ1v) is 11.6. The predicted molar refractivity (Wildman–Crippen MR) is 129 cm³/mol. The van der Waals surface area contributed by atoms with Crippen molar-refractivity contribution in [3.8, 4) is 16.9 Å². The largest absolute Gasteiger partial charge is 0.506 e. The highest BCUT2D eigenvalue weighted by molar-refractivity contribution is 7.86. The summed E-state index contributed by atoms with van der Waals surface area (Å²) in [6.07, 6.45) is -4.42. The minimum Gasteiger partial charge on any atom is -0.506 e. The molecule has 5 nitrogen and oxygen atoms in total. The van der Waals surface area contributed by atoms with E-state index in [0.717, 1.165) is 24.3 Å². The maximum absolute atomic E-state index is 13.1. The molecule has 0 aliphatic carbocycles. The van der Waals surface area contributed by atoms with E-state index < -0.39 is 34.4 Å². The van der Waals surface area contributed by atoms with E-state index >= 15 is 0 Å². The minimum absolute atomic E-state index is 0.0908. The summed E-state index contributed by atoms with van der Waals surface area (Å²) in [7, 11) is -1.79. The number of hydrogen-bond acceptors (Lipinski definition) is 3. The highest BCUT2D eigenvalue weighted by Gasteiger charge is 2.29. The van der Waals surface area contributed by atoms with Crippen LogP contribution in [0.5, 0.6) is 5.75 Å². The second kappa shape index (κ2) is 10.2. The highest BCUT2D eigenvalue weighted by Crippen LogP contribution is 2.31. The lowest BCUT2D eigenvalue weighted by molar-refractivity contribution is -0.137. The summed E-state index contributed by atoms with van der Waals surface area (Å²) in [4.78, 5) is 13.0. The summed E-state index contributed by atoms with van der Waals surface area (Å²) in [6, 6.07) is 20.2. The van der Waals surface area contributed by atoms with Crippen LogP contribution >= 0.6 is 0 Å². The average Bonchev–Trinajstić information content (AvgIpc) is 2.86. The van der Waals surface area contributed by atoms with Crippen molar-refractivity contribution in [3.63, 3.8) is 0 Å². The third kappa shape index (κ3) is 5.89. The van der Waals surface area contributed by atoms with Crippen molar-refractivity contribution in [1.29, 1.82) is 0 Å². The van der Waals surface area contributed by atoms with Crippen LogP contribution in [0.4, 0.5) is 28.9 Å². The molecule has 1 atom stereocenters. The van der Waals surface area contributed by atoms with Gasteiger partial charge in [0, 0.05) is 11.3 Å². The fourth-order valence-electron chi connectivity index (χ4n) is 3.28. The van der Waals surface area contributed by atoms with Crippen molar-refractivity contribution in [2.45, 2.75) is 11.1 Å². The molecule has 184 valence electrons. The standard InChI is InChI=1S/C26H18F4N2O3S/c27-20-9-12-22(13-10-20)36(35)32-23-15-21(11-14-24(23)33)31-25(34)18-3-1-16(2-4-18)17-5-7-19(8-6-17)26(28,29)30/h1-15,32-33H,(H,31,34). The fraction of sp³-hybridized carbons (Fsp3) is 0.0385. The molecule has 0 fully saturated rings. The van der Waals surface area contributed by atoms with Crippen LogP contribution in [0.2, 0.25) is 0 Å². The SMILES string of the molecule is O=C(Nc1ccc(O)c(NS(=O)c2ccc(F)cc2)c1)c1ccc(-c2ccc(C(F)(F)F)cc2)cc1. The maximum Gasteiger partial charge on any atom is 0.416 e. The molecule has 0 spiro atoms. The second-order valence-corrected chi connectivity index (χ2v) is 8.88. The van der Waals surface area contributed by atoms with Crippen molar-refractivity contribution in [1.82, 2.24) is 0 Å². The number of anilines is 2. The van der Waals surface area contributed by atoms with Gasteiger partial charge in [0.2, 0.25) is 0 Å². The molecule has 0 aliphatic rings. The van der Waals surface area contributed by atoms with Crippen molar-refractivity contribution in [3.05, 3.63) is 108 Å². The molecule has 3 N–H and O–H groups in total. The van der Waals surface area contributed by atoms with Crippen molar-refractivity contribution in [2.75, 3.05) is 10.0 Å². The molecule has 4 aromatic carbocycles. The molecule has 0 saturated heterocycles. The Labute approximate surface area is 206 Å². The maximum atomic E-state index is 13.1. The van der Waals surface area contributed by atoms with Crippen LogP contribution < -0.4 is 10.0 Å². The molecule has 0 radical (unpaired) electrons. The third-order valence-corrected chi connectivity index (χ3v) is 6.28. The van der Waals surface area contributed by atoms with E-state index in [-0.39, 0.29) is 11.4 Å². The number of aromatic hydroxyl groups is 1. The first kappa shape index (κ1) is 24.9. The Bertz CT molecular complexity index is 1410. The summed E-state index contributed by atoms with van der Waals surface area (Å²) in [5.74, 6) is -1.15. The lowest BCUT2D eigenvalue weighted by atomic mass is 10.0. The number of halogens is 4. The van der Waals surface area contributed by atoms with Crippen LogP contribution in [0.1, 0.15) is 15.9 Å². The Morgan fingerprint density at radius 1 is 0.806 bits per heavy atom. The molecule has 1 unspecified atom stereocenters. The predicted octanol–water partition coefficient (Wildman–Crippen LogP) is 6.60. The van der Waals surface area contributed by atoms with E-state index in [9.17, 15) is 31.7 Å². The molecule has 10 heteroatoms. The number of nitrogens with one attached hydrogen (secondary N) is 2. The molecule has 0 aromatic heterocycles. The van der Waals surface area contributed by atoms with Crippen LogP contribution in [0.3, 0.4) is 0 Å². The molecule has 36 heavy (non-hydrogen) atoms. The third-order valence-electron chi connectivity index (χ3n) is 5.18. The molecule has 0 aliphatic heterocycles. The molecule has 1 amide bonds. The van der Waals surface area contributed by atoms with Crippen LogP contribution in [0, 0.1) is 5.82 Å². The first-order valence-electron chi connectivity index (χ1n) is 10.5. The van der Waals surface area contributed by atoms with Gasteiger partial charge in [0.25, 0.3) is 5.91 Å². The first-order chi connectivity index (χ1) is 17.1. The van der Waals surface area contributed by atoms with E-state index in [1.165, 1.54) is 54.6 Å². The van der Waals surface area contributed by atoms with Gasteiger partial charge in [-0.15, -0.1) is 0 Å². The van der Waals surface area contributed by atoms with Gasteiger partial charge in [0.05, 0.1) is 16.1 Å². The Morgan fingerprint density at radius 3 is 1.97 bits per heavy atom. The monoisotopic (exact) mass is 514 g/mol. The van der Waals surface area contributed by atoms with Gasteiger partial charge in [-0.05, 0) is 77.9 Å². The lowest BCUT2D eigenvalue weighted by Gasteiger charge is -2.12. The summed E-state index contributed by atoms with van der Waals surface area (Å²) in [5.41, 5.74) is 1.16. The molecule has 4 rings (SSSR count). The van der Waals surface area contributed by atoms with Crippen molar-refractivity contribution in [2.24, 2.45) is 0 Å². The zero-order valence-electron chi connectivity index (χ0n) is 18.3. The Balaban J connectivity index is 1.45. The van der Waals surface area contributed by atoms with E-state index in [4.69, 9.17) is 0 Å². The van der Waals surface area contributed by atoms with Gasteiger partial charge in [-0.2, -0.15) is 13.2 Å². The number of carbonyl (C=O) groups is 1. The summed E-state index contributed by atoms with van der Waals surface area (Å²) in [6.45, 7) is 0. The molecular weight excluding hydrogens is 496 g/mol. The average molecular weight is 515 g/mol. The molecule has 0 heterocycles. The Hall–Kier alpha value is -4.18. The van der Waals surface area contributed by atoms with Crippen molar-refractivity contribution < 1.29 is 31.7 Å². The van der Waals surface area contributed by atoms with Gasteiger partial charge in [-0.1, -0.05) is 24.3 Å². The van der Waals surface area contributed by atoms with Crippen molar-refractivity contribution >= 4 is 28.3 Å². The summed E-state index contributed by atoms with van der Waals surface area (Å²) in [5, 5.41) is 12.8. The minimum atomic E-state index is -4.42. The number of benzene rings is 4. The summed E-state index contributed by atoms with van der Waals surface area (Å²) < 4.78 is 66.4. The van der Waals surface area contributed by atoms with Gasteiger partial charge in [-0.3, -0.25) is 9.52 Å². The number of alkyl halides is 3. The van der Waals surface area contributed by atoms with Crippen LogP contribution in [0.25, 0.3) is 11.1 Å². The van der Waals surface area contributed by atoms with Gasteiger partial charge in [0.1, 0.15) is 22.6 Å². The molecule has 4 aromatic rings. The normalized spacial score (nSPS) is 12.1. The molecular formula is C26H18F4N2O3S. The number of amides is 1. The summed E-state index contributed by atoms with van der Waals surface area (Å²) >= 11 is 0. The second-order valence-electron chi connectivity index (χ2n) is 7.66. The number of carbonyl (C=O) groups excluding carboxylic acids is 1. The van der Waals surface area contributed by atoms with E-state index in [1.54, 1.807) is 12.1 Å². The number of phenols is 1. The number of hydrogen-bond donors (Lipinski definition) is 3. The van der Waals surface area contributed by atoms with Gasteiger partial charge < -0.3 is 10.4 Å². The lowest BCUT2D eigenvalue weighted by Crippen LogP contribution is -2.12. The number of phenolic OH excluding ortho intramolecular Hbond substituents is 1. The van der Waals surface area contributed by atoms with Gasteiger partial charge >= 0.3 is 6.18 Å². The van der Waals surface area contributed by atoms with Crippen LogP contribution in [-0.2, 0) is 17.2 Å².